The van der Waals surface area contributed by atoms with Gasteiger partial charge in [0.15, 0.2) is 0 Å². The molecule has 0 bridgehead atoms. The number of nitrogens with zero attached hydrogens (tertiary/aromatic N) is 1. The fourth-order valence-electron chi connectivity index (χ4n) is 1.39. The number of aliphatic hydroxyl groups is 1. The van der Waals surface area contributed by atoms with Gasteiger partial charge in [0, 0.05) is 11.1 Å². The highest BCUT2D eigenvalue weighted by molar-refractivity contribution is 6.31. The lowest BCUT2D eigenvalue weighted by molar-refractivity contribution is -0.385. The Morgan fingerprint density at radius 2 is 2.28 bits per heavy atom. The van der Waals surface area contributed by atoms with Crippen molar-refractivity contribution in [2.24, 2.45) is 0 Å². The molecule has 0 aliphatic rings. The van der Waals surface area contributed by atoms with Crippen LogP contribution in [-0.4, -0.2) is 28.6 Å². The van der Waals surface area contributed by atoms with E-state index in [1.807, 2.05) is 0 Å². The van der Waals surface area contributed by atoms with Crippen molar-refractivity contribution < 1.29 is 14.8 Å². The molecular weight excluding hydrogens is 260 g/mol. The molecule has 6 nitrogen and oxygen atoms in total. The van der Waals surface area contributed by atoms with E-state index in [4.69, 9.17) is 16.7 Å². The number of halogens is 1. The number of benzene rings is 1. The zero-order valence-electron chi connectivity index (χ0n) is 9.72. The van der Waals surface area contributed by atoms with E-state index in [1.54, 1.807) is 6.92 Å². The summed E-state index contributed by atoms with van der Waals surface area (Å²) in [5.74, 6) is -0.598. The Bertz CT molecular complexity index is 460. The average molecular weight is 273 g/mol. The van der Waals surface area contributed by atoms with Crippen LogP contribution in [0.5, 0.6) is 0 Å². The van der Waals surface area contributed by atoms with Crippen molar-refractivity contribution in [3.8, 4) is 0 Å². The average Bonchev–Trinajstić information content (AvgIpc) is 2.35. The first-order chi connectivity index (χ1) is 8.49. The normalized spacial score (nSPS) is 11.9. The number of aliphatic hydroxyl groups excluding tert-OH is 1. The Morgan fingerprint density at radius 1 is 1.61 bits per heavy atom. The largest absolute Gasteiger partial charge is 0.394 e. The predicted octanol–water partition coefficient (Wildman–Crippen LogP) is 1.75. The van der Waals surface area contributed by atoms with Gasteiger partial charge in [-0.2, -0.15) is 0 Å². The zero-order valence-corrected chi connectivity index (χ0v) is 10.5. The minimum atomic E-state index is -0.666. The lowest BCUT2D eigenvalue weighted by Crippen LogP contribution is -2.37. The van der Waals surface area contributed by atoms with E-state index in [1.165, 1.54) is 12.1 Å². The van der Waals surface area contributed by atoms with E-state index in [0.29, 0.717) is 6.42 Å². The second-order valence-corrected chi connectivity index (χ2v) is 4.12. The number of carbonyl (C=O) groups excluding carboxylic acids is 1. The standard InChI is InChI=1S/C11H13ClN2O4/c1-2-8(6-15)13-11(16)9-4-3-7(12)5-10(9)14(17)18/h3-5,8,15H,2,6H2,1H3,(H,13,16). The van der Waals surface area contributed by atoms with Gasteiger partial charge in [-0.25, -0.2) is 0 Å². The molecule has 0 saturated heterocycles. The Kier molecular flexibility index (Phi) is 5.06. The van der Waals surface area contributed by atoms with Crippen LogP contribution in [-0.2, 0) is 0 Å². The SMILES string of the molecule is CCC(CO)NC(=O)c1ccc(Cl)cc1[N+](=O)[O-]. The molecule has 0 spiro atoms. The highest BCUT2D eigenvalue weighted by atomic mass is 35.5. The molecule has 18 heavy (non-hydrogen) atoms. The fourth-order valence-corrected chi connectivity index (χ4v) is 1.55. The Balaban J connectivity index is 3.02. The van der Waals surface area contributed by atoms with Crippen molar-refractivity contribution in [1.29, 1.82) is 0 Å². The maximum atomic E-state index is 11.8. The van der Waals surface area contributed by atoms with Crippen molar-refractivity contribution in [1.82, 2.24) is 5.32 Å². The third-order valence-corrected chi connectivity index (χ3v) is 2.68. The summed E-state index contributed by atoms with van der Waals surface area (Å²) in [6, 6.07) is 3.40. The van der Waals surface area contributed by atoms with Gasteiger partial charge in [-0.15, -0.1) is 0 Å². The second kappa shape index (κ2) is 6.32. The van der Waals surface area contributed by atoms with Gasteiger partial charge in [-0.05, 0) is 18.6 Å². The Morgan fingerprint density at radius 3 is 2.78 bits per heavy atom. The van der Waals surface area contributed by atoms with Gasteiger partial charge in [0.1, 0.15) is 5.56 Å². The zero-order chi connectivity index (χ0) is 13.7. The first-order valence-electron chi connectivity index (χ1n) is 5.35. The van der Waals surface area contributed by atoms with Crippen LogP contribution in [0, 0.1) is 10.1 Å². The monoisotopic (exact) mass is 272 g/mol. The van der Waals surface area contributed by atoms with Gasteiger partial charge < -0.3 is 10.4 Å². The summed E-state index contributed by atoms with van der Waals surface area (Å²) in [5.41, 5.74) is -0.427. The number of hydrogen-bond acceptors (Lipinski definition) is 4. The molecule has 7 heteroatoms. The summed E-state index contributed by atoms with van der Waals surface area (Å²) in [4.78, 5) is 22.0. The van der Waals surface area contributed by atoms with Crippen molar-refractivity contribution >= 4 is 23.2 Å². The van der Waals surface area contributed by atoms with Crippen LogP contribution < -0.4 is 5.32 Å². The molecule has 0 heterocycles. The van der Waals surface area contributed by atoms with Gasteiger partial charge in [0.05, 0.1) is 17.6 Å². The predicted molar refractivity (Wildman–Crippen MR) is 66.7 cm³/mol. The summed E-state index contributed by atoms with van der Waals surface area (Å²) < 4.78 is 0. The molecule has 0 aromatic heterocycles. The summed E-state index contributed by atoms with van der Waals surface area (Å²) in [5, 5.41) is 22.5. The van der Waals surface area contributed by atoms with Crippen LogP contribution in [0.1, 0.15) is 23.7 Å². The van der Waals surface area contributed by atoms with Crippen LogP contribution in [0.25, 0.3) is 0 Å². The molecule has 0 aliphatic carbocycles. The number of hydrogen-bond donors (Lipinski definition) is 2. The van der Waals surface area contributed by atoms with Gasteiger partial charge in [0.2, 0.25) is 0 Å². The lowest BCUT2D eigenvalue weighted by atomic mass is 10.1. The number of carbonyl (C=O) groups is 1. The molecule has 1 atom stereocenters. The van der Waals surface area contributed by atoms with Crippen LogP contribution in [0.15, 0.2) is 18.2 Å². The maximum absolute atomic E-state index is 11.8. The van der Waals surface area contributed by atoms with E-state index in [9.17, 15) is 14.9 Å². The fraction of sp³-hybridized carbons (Fsp3) is 0.364. The van der Waals surface area contributed by atoms with Crippen molar-refractivity contribution in [3.05, 3.63) is 38.9 Å². The van der Waals surface area contributed by atoms with E-state index >= 15 is 0 Å². The third-order valence-electron chi connectivity index (χ3n) is 2.45. The number of amides is 1. The Labute approximate surface area is 109 Å². The summed E-state index contributed by atoms with van der Waals surface area (Å²) >= 11 is 5.65. The smallest absolute Gasteiger partial charge is 0.283 e. The quantitative estimate of drug-likeness (QED) is 0.631. The van der Waals surface area contributed by atoms with Crippen LogP contribution in [0.3, 0.4) is 0 Å². The summed E-state index contributed by atoms with van der Waals surface area (Å²) in [7, 11) is 0. The van der Waals surface area contributed by atoms with Crippen molar-refractivity contribution in [3.63, 3.8) is 0 Å². The summed E-state index contributed by atoms with van der Waals surface area (Å²) in [6.07, 6.45) is 0.531. The number of nitrogens with one attached hydrogen (secondary N) is 1. The second-order valence-electron chi connectivity index (χ2n) is 3.68. The molecule has 0 radical (unpaired) electrons. The molecule has 1 unspecified atom stereocenters. The van der Waals surface area contributed by atoms with Gasteiger partial charge in [-0.3, -0.25) is 14.9 Å². The number of rotatable bonds is 5. The lowest BCUT2D eigenvalue weighted by Gasteiger charge is -2.13. The molecule has 1 aromatic carbocycles. The molecule has 0 fully saturated rings. The minimum absolute atomic E-state index is 0.0729. The van der Waals surface area contributed by atoms with E-state index < -0.39 is 16.9 Å². The maximum Gasteiger partial charge on any atom is 0.283 e. The molecular formula is C11H13ClN2O4. The van der Waals surface area contributed by atoms with E-state index in [-0.39, 0.29) is 22.9 Å². The number of nitro benzene ring substituents is 1. The number of nitro groups is 1. The topological polar surface area (TPSA) is 92.5 Å². The van der Waals surface area contributed by atoms with Crippen LogP contribution in [0.4, 0.5) is 5.69 Å². The first-order valence-corrected chi connectivity index (χ1v) is 5.73. The van der Waals surface area contributed by atoms with Crippen LogP contribution >= 0.6 is 11.6 Å². The van der Waals surface area contributed by atoms with Crippen LogP contribution in [0.2, 0.25) is 5.02 Å². The molecule has 98 valence electrons. The molecule has 1 amide bonds. The van der Waals surface area contributed by atoms with Crippen molar-refractivity contribution in [2.45, 2.75) is 19.4 Å². The molecule has 1 aromatic rings. The van der Waals surface area contributed by atoms with Gasteiger partial charge in [-0.1, -0.05) is 18.5 Å². The molecule has 0 aliphatic heterocycles. The highest BCUT2D eigenvalue weighted by Crippen LogP contribution is 2.23. The summed E-state index contributed by atoms with van der Waals surface area (Å²) in [6.45, 7) is 1.57. The van der Waals surface area contributed by atoms with E-state index in [0.717, 1.165) is 6.07 Å². The van der Waals surface area contributed by atoms with E-state index in [2.05, 4.69) is 5.32 Å². The molecule has 0 saturated carbocycles. The highest BCUT2D eigenvalue weighted by Gasteiger charge is 2.21. The first kappa shape index (κ1) is 14.4. The van der Waals surface area contributed by atoms with Gasteiger partial charge >= 0.3 is 0 Å². The Hall–Kier alpha value is -1.66. The van der Waals surface area contributed by atoms with Gasteiger partial charge in [0.25, 0.3) is 11.6 Å². The minimum Gasteiger partial charge on any atom is -0.394 e. The molecule has 1 rings (SSSR count). The third kappa shape index (κ3) is 3.41. The van der Waals surface area contributed by atoms with Crippen molar-refractivity contribution in [2.75, 3.05) is 6.61 Å². The molecule has 2 N–H and O–H groups in total.